The Morgan fingerprint density at radius 2 is 1.71 bits per heavy atom. The standard InChI is InChI=1S/C23H32N4O6S/c1-16-15-25-21(34-16)27-20(29)17-7-5-6-8-18(17)26-19(28)9-11-31-13-14-32-12-10-24-22(30)33-23(2,3)4/h5-8,15H,9-14H2,1-4H3,(H,24,30)(H,26,28)(H,25,27,29). The molecule has 34 heavy (non-hydrogen) atoms. The number of carbonyl (C=O) groups is 3. The molecule has 0 bridgehead atoms. The average Bonchev–Trinajstić information content (AvgIpc) is 3.16. The summed E-state index contributed by atoms with van der Waals surface area (Å²) in [4.78, 5) is 41.4. The fourth-order valence-corrected chi connectivity index (χ4v) is 3.27. The van der Waals surface area contributed by atoms with Crippen LogP contribution in [0.25, 0.3) is 0 Å². The van der Waals surface area contributed by atoms with Crippen molar-refractivity contribution in [2.45, 2.75) is 39.7 Å². The summed E-state index contributed by atoms with van der Waals surface area (Å²) in [5.41, 5.74) is 0.220. The number of thiazole rings is 1. The summed E-state index contributed by atoms with van der Waals surface area (Å²) < 4.78 is 15.9. The van der Waals surface area contributed by atoms with Gasteiger partial charge in [-0.2, -0.15) is 0 Å². The molecule has 1 heterocycles. The number of carbonyl (C=O) groups excluding carboxylic acids is 3. The summed E-state index contributed by atoms with van der Waals surface area (Å²) in [7, 11) is 0. The summed E-state index contributed by atoms with van der Waals surface area (Å²) in [6.07, 6.45) is 1.32. The zero-order valence-electron chi connectivity index (χ0n) is 19.9. The monoisotopic (exact) mass is 492 g/mol. The molecule has 0 unspecified atom stereocenters. The Kier molecular flexibility index (Phi) is 10.9. The number of ether oxygens (including phenoxy) is 3. The predicted octanol–water partition coefficient (Wildman–Crippen LogP) is 3.59. The van der Waals surface area contributed by atoms with E-state index in [1.54, 1.807) is 51.2 Å². The minimum atomic E-state index is -0.541. The van der Waals surface area contributed by atoms with Crippen molar-refractivity contribution in [2.75, 3.05) is 43.6 Å². The number of hydrogen-bond donors (Lipinski definition) is 3. The number of aromatic nitrogens is 1. The molecule has 3 amide bonds. The second kappa shape index (κ2) is 13.6. The highest BCUT2D eigenvalue weighted by molar-refractivity contribution is 7.15. The third-order valence-electron chi connectivity index (χ3n) is 4.05. The first-order valence-corrected chi connectivity index (χ1v) is 11.7. The zero-order chi connectivity index (χ0) is 25.0. The van der Waals surface area contributed by atoms with Crippen molar-refractivity contribution in [3.8, 4) is 0 Å². The topological polar surface area (TPSA) is 128 Å². The number of anilines is 2. The molecule has 3 N–H and O–H groups in total. The summed E-state index contributed by atoms with van der Waals surface area (Å²) in [6.45, 7) is 8.78. The lowest BCUT2D eigenvalue weighted by molar-refractivity contribution is -0.117. The Labute approximate surface area is 203 Å². The number of nitrogens with zero attached hydrogens (tertiary/aromatic N) is 1. The van der Waals surface area contributed by atoms with Gasteiger partial charge < -0.3 is 24.8 Å². The number of aryl methyl sites for hydroxylation is 1. The van der Waals surface area contributed by atoms with Crippen LogP contribution < -0.4 is 16.0 Å². The normalized spacial score (nSPS) is 11.1. The predicted molar refractivity (Wildman–Crippen MR) is 130 cm³/mol. The molecule has 0 atom stereocenters. The van der Waals surface area contributed by atoms with Crippen LogP contribution in [0.5, 0.6) is 0 Å². The van der Waals surface area contributed by atoms with Crippen LogP contribution in [0, 0.1) is 6.92 Å². The maximum Gasteiger partial charge on any atom is 0.407 e. The van der Waals surface area contributed by atoms with Gasteiger partial charge in [0, 0.05) is 17.6 Å². The second-order valence-corrected chi connectivity index (χ2v) is 9.46. The highest BCUT2D eigenvalue weighted by Crippen LogP contribution is 2.20. The van der Waals surface area contributed by atoms with Gasteiger partial charge in [-0.3, -0.25) is 14.9 Å². The van der Waals surface area contributed by atoms with Crippen molar-refractivity contribution in [3.05, 3.63) is 40.9 Å². The summed E-state index contributed by atoms with van der Waals surface area (Å²) in [6, 6.07) is 6.77. The van der Waals surface area contributed by atoms with Gasteiger partial charge in [-0.25, -0.2) is 9.78 Å². The Hall–Kier alpha value is -3.02. The maximum absolute atomic E-state index is 12.6. The molecule has 0 aliphatic rings. The van der Waals surface area contributed by atoms with Crippen molar-refractivity contribution < 1.29 is 28.6 Å². The molecule has 0 saturated heterocycles. The molecule has 0 radical (unpaired) electrons. The zero-order valence-corrected chi connectivity index (χ0v) is 20.8. The first kappa shape index (κ1) is 27.2. The van der Waals surface area contributed by atoms with Gasteiger partial charge in [0.2, 0.25) is 5.91 Å². The molecule has 0 aliphatic carbocycles. The van der Waals surface area contributed by atoms with Gasteiger partial charge in [0.05, 0.1) is 44.1 Å². The smallest absolute Gasteiger partial charge is 0.407 e. The van der Waals surface area contributed by atoms with Crippen LogP contribution >= 0.6 is 11.3 Å². The number of para-hydroxylation sites is 1. The van der Waals surface area contributed by atoms with Gasteiger partial charge in [-0.1, -0.05) is 12.1 Å². The fraction of sp³-hybridized carbons (Fsp3) is 0.478. The van der Waals surface area contributed by atoms with E-state index < -0.39 is 11.7 Å². The van der Waals surface area contributed by atoms with Crippen molar-refractivity contribution >= 4 is 40.1 Å². The number of alkyl carbamates (subject to hydrolysis) is 1. The van der Waals surface area contributed by atoms with Gasteiger partial charge in [0.25, 0.3) is 5.91 Å². The van der Waals surface area contributed by atoms with E-state index in [2.05, 4.69) is 20.9 Å². The Morgan fingerprint density at radius 3 is 2.38 bits per heavy atom. The number of benzene rings is 1. The van der Waals surface area contributed by atoms with E-state index in [1.165, 1.54) is 11.3 Å². The van der Waals surface area contributed by atoms with Gasteiger partial charge >= 0.3 is 6.09 Å². The molecule has 10 nitrogen and oxygen atoms in total. The highest BCUT2D eigenvalue weighted by atomic mass is 32.1. The number of amides is 3. The number of hydrogen-bond acceptors (Lipinski definition) is 8. The molecule has 0 aliphatic heterocycles. The quantitative estimate of drug-likeness (QED) is 0.386. The van der Waals surface area contributed by atoms with E-state index in [0.29, 0.717) is 42.7 Å². The third-order valence-corrected chi connectivity index (χ3v) is 4.88. The molecule has 1 aromatic carbocycles. The van der Waals surface area contributed by atoms with E-state index >= 15 is 0 Å². The summed E-state index contributed by atoms with van der Waals surface area (Å²) in [5.74, 6) is -0.618. The molecule has 2 aromatic rings. The number of rotatable bonds is 12. The summed E-state index contributed by atoms with van der Waals surface area (Å²) in [5, 5.41) is 8.58. The molecule has 1 aromatic heterocycles. The van der Waals surface area contributed by atoms with E-state index in [4.69, 9.17) is 14.2 Å². The Morgan fingerprint density at radius 1 is 1.00 bits per heavy atom. The van der Waals surface area contributed by atoms with Crippen LogP contribution in [0.15, 0.2) is 30.5 Å². The fourth-order valence-electron chi connectivity index (χ4n) is 2.61. The lowest BCUT2D eigenvalue weighted by Gasteiger charge is -2.19. The van der Waals surface area contributed by atoms with Gasteiger partial charge in [-0.05, 0) is 39.8 Å². The molecule has 0 spiro atoms. The number of nitrogens with one attached hydrogen (secondary N) is 3. The molecular weight excluding hydrogens is 460 g/mol. The minimum Gasteiger partial charge on any atom is -0.444 e. The van der Waals surface area contributed by atoms with Crippen LogP contribution in [0.3, 0.4) is 0 Å². The maximum atomic E-state index is 12.6. The first-order valence-electron chi connectivity index (χ1n) is 10.9. The van der Waals surface area contributed by atoms with Crippen molar-refractivity contribution in [1.29, 1.82) is 0 Å². The Balaban J connectivity index is 1.61. The first-order chi connectivity index (χ1) is 16.1. The Bertz CT molecular complexity index is 957. The van der Waals surface area contributed by atoms with E-state index in [-0.39, 0.29) is 24.8 Å². The largest absolute Gasteiger partial charge is 0.444 e. The lowest BCUT2D eigenvalue weighted by atomic mass is 10.1. The third kappa shape index (κ3) is 10.7. The second-order valence-electron chi connectivity index (χ2n) is 8.23. The average molecular weight is 493 g/mol. The van der Waals surface area contributed by atoms with Crippen molar-refractivity contribution in [2.24, 2.45) is 0 Å². The molecule has 11 heteroatoms. The van der Waals surface area contributed by atoms with Gasteiger partial charge in [0.1, 0.15) is 5.60 Å². The van der Waals surface area contributed by atoms with Crippen LogP contribution in [0.1, 0.15) is 42.4 Å². The van der Waals surface area contributed by atoms with Crippen LogP contribution in [-0.4, -0.2) is 61.5 Å². The van der Waals surface area contributed by atoms with Crippen LogP contribution in [0.4, 0.5) is 15.6 Å². The van der Waals surface area contributed by atoms with E-state index in [1.807, 2.05) is 6.92 Å². The molecule has 186 valence electrons. The minimum absolute atomic E-state index is 0.127. The molecule has 0 saturated carbocycles. The van der Waals surface area contributed by atoms with E-state index in [0.717, 1.165) is 4.88 Å². The molecule has 0 fully saturated rings. The summed E-state index contributed by atoms with van der Waals surface area (Å²) >= 11 is 1.37. The highest BCUT2D eigenvalue weighted by Gasteiger charge is 2.16. The van der Waals surface area contributed by atoms with Crippen molar-refractivity contribution in [1.82, 2.24) is 10.3 Å². The molecular formula is C23H32N4O6S. The van der Waals surface area contributed by atoms with E-state index in [9.17, 15) is 14.4 Å². The van der Waals surface area contributed by atoms with Crippen LogP contribution in [0.2, 0.25) is 0 Å². The van der Waals surface area contributed by atoms with Gasteiger partial charge in [-0.15, -0.1) is 11.3 Å². The SMILES string of the molecule is Cc1cnc(NC(=O)c2ccccc2NC(=O)CCOCCOCCNC(=O)OC(C)(C)C)s1. The molecule has 2 rings (SSSR count). The van der Waals surface area contributed by atoms with Gasteiger partial charge in [0.15, 0.2) is 5.13 Å². The lowest BCUT2D eigenvalue weighted by Crippen LogP contribution is -2.34. The van der Waals surface area contributed by atoms with Crippen molar-refractivity contribution in [3.63, 3.8) is 0 Å². The van der Waals surface area contributed by atoms with Crippen LogP contribution in [-0.2, 0) is 19.0 Å².